The Morgan fingerprint density at radius 1 is 1.00 bits per heavy atom. The van der Waals surface area contributed by atoms with Crippen molar-refractivity contribution in [3.8, 4) is 11.5 Å². The number of nitrogens with one attached hydrogen (secondary N) is 1. The number of hydrogen-bond donors (Lipinski definition) is 1. The van der Waals surface area contributed by atoms with E-state index in [0.29, 0.717) is 23.7 Å². The number of fused-ring (bicyclic) bond motifs is 1. The van der Waals surface area contributed by atoms with E-state index in [9.17, 15) is 14.9 Å². The topological polar surface area (TPSA) is 103 Å². The fourth-order valence-corrected chi connectivity index (χ4v) is 3.60. The van der Waals surface area contributed by atoms with E-state index in [4.69, 9.17) is 9.47 Å². The van der Waals surface area contributed by atoms with Crippen LogP contribution in [0, 0.1) is 10.1 Å². The summed E-state index contributed by atoms with van der Waals surface area (Å²) in [6.07, 6.45) is 1.56. The molecule has 0 saturated heterocycles. The van der Waals surface area contributed by atoms with E-state index in [0.717, 1.165) is 21.9 Å². The fourth-order valence-electron chi connectivity index (χ4n) is 3.60. The minimum Gasteiger partial charge on any atom is -0.493 e. The van der Waals surface area contributed by atoms with Gasteiger partial charge in [-0.2, -0.15) is 5.10 Å². The second kappa shape index (κ2) is 10.9. The lowest BCUT2D eigenvalue weighted by Crippen LogP contribution is -2.19. The molecule has 0 radical (unpaired) electrons. The zero-order valence-corrected chi connectivity index (χ0v) is 19.0. The summed E-state index contributed by atoms with van der Waals surface area (Å²) in [5.74, 6) is 0.809. The average Bonchev–Trinajstić information content (AvgIpc) is 2.88. The molecule has 0 bridgehead atoms. The molecule has 0 atom stereocenters. The second-order valence-electron chi connectivity index (χ2n) is 7.73. The molecule has 0 fully saturated rings. The van der Waals surface area contributed by atoms with Gasteiger partial charge in [0.2, 0.25) is 5.91 Å². The number of nitro groups is 1. The Kier molecular flexibility index (Phi) is 7.32. The van der Waals surface area contributed by atoms with E-state index >= 15 is 0 Å². The van der Waals surface area contributed by atoms with Gasteiger partial charge < -0.3 is 9.47 Å². The first-order valence-corrected chi connectivity index (χ1v) is 10.9. The molecule has 1 amide bonds. The SMILES string of the molecule is COc1cc(/C=N\NC(=O)Cc2ccc([N+](=O)[O-])cc2)ccc1OCc1cccc2ccccc12. The summed E-state index contributed by atoms with van der Waals surface area (Å²) >= 11 is 0. The van der Waals surface area contributed by atoms with E-state index < -0.39 is 4.92 Å². The number of nitro benzene ring substituents is 1. The average molecular weight is 469 g/mol. The van der Waals surface area contributed by atoms with Gasteiger partial charge in [-0.15, -0.1) is 0 Å². The van der Waals surface area contributed by atoms with E-state index in [1.165, 1.54) is 18.3 Å². The van der Waals surface area contributed by atoms with Gasteiger partial charge in [0.15, 0.2) is 11.5 Å². The van der Waals surface area contributed by atoms with Crippen molar-refractivity contribution in [1.82, 2.24) is 5.43 Å². The lowest BCUT2D eigenvalue weighted by atomic mass is 10.1. The molecule has 4 aromatic rings. The van der Waals surface area contributed by atoms with Gasteiger partial charge in [-0.3, -0.25) is 14.9 Å². The van der Waals surface area contributed by atoms with E-state index in [1.54, 1.807) is 31.4 Å². The molecule has 8 heteroatoms. The molecule has 35 heavy (non-hydrogen) atoms. The minimum atomic E-state index is -0.484. The molecule has 0 aliphatic carbocycles. The van der Waals surface area contributed by atoms with Crippen LogP contribution in [0.25, 0.3) is 10.8 Å². The second-order valence-corrected chi connectivity index (χ2v) is 7.73. The quantitative estimate of drug-likeness (QED) is 0.210. The van der Waals surface area contributed by atoms with Gasteiger partial charge in [-0.25, -0.2) is 5.43 Å². The molecule has 0 aromatic heterocycles. The zero-order chi connectivity index (χ0) is 24.6. The van der Waals surface area contributed by atoms with Crippen LogP contribution in [0.1, 0.15) is 16.7 Å². The minimum absolute atomic E-state index is 0.0225. The summed E-state index contributed by atoms with van der Waals surface area (Å²) in [6, 6.07) is 25.5. The van der Waals surface area contributed by atoms with Crippen molar-refractivity contribution in [2.75, 3.05) is 7.11 Å². The third-order valence-corrected chi connectivity index (χ3v) is 5.37. The van der Waals surface area contributed by atoms with E-state index in [1.807, 2.05) is 30.3 Å². The first kappa shape index (κ1) is 23.4. The van der Waals surface area contributed by atoms with Crippen molar-refractivity contribution in [3.05, 3.63) is 112 Å². The van der Waals surface area contributed by atoms with Gasteiger partial charge in [-0.1, -0.05) is 54.6 Å². The highest BCUT2D eigenvalue weighted by Crippen LogP contribution is 2.29. The smallest absolute Gasteiger partial charge is 0.269 e. The number of amides is 1. The van der Waals surface area contributed by atoms with Gasteiger partial charge in [0, 0.05) is 12.1 Å². The molecule has 0 aliphatic heterocycles. The first-order chi connectivity index (χ1) is 17.0. The molecular weight excluding hydrogens is 446 g/mol. The van der Waals surface area contributed by atoms with Crippen LogP contribution < -0.4 is 14.9 Å². The number of rotatable bonds is 9. The largest absolute Gasteiger partial charge is 0.493 e. The van der Waals surface area contributed by atoms with Crippen molar-refractivity contribution in [3.63, 3.8) is 0 Å². The standard InChI is InChI=1S/C27H23N3O5/c1-34-26-15-20(17-28-29-27(31)16-19-9-12-23(13-10-19)30(32)33)11-14-25(26)35-18-22-7-4-6-21-5-2-3-8-24(21)22/h2-15,17H,16,18H2,1H3,(H,29,31)/b28-17-. The van der Waals surface area contributed by atoms with Gasteiger partial charge in [-0.05, 0) is 45.7 Å². The Morgan fingerprint density at radius 2 is 1.77 bits per heavy atom. The van der Waals surface area contributed by atoms with Crippen LogP contribution in [0.4, 0.5) is 5.69 Å². The van der Waals surface area contributed by atoms with E-state index in [-0.39, 0.29) is 18.0 Å². The summed E-state index contributed by atoms with van der Waals surface area (Å²) in [4.78, 5) is 22.3. The number of carbonyl (C=O) groups is 1. The van der Waals surface area contributed by atoms with Crippen molar-refractivity contribution in [1.29, 1.82) is 0 Å². The summed E-state index contributed by atoms with van der Waals surface area (Å²) in [5.41, 5.74) is 4.88. The first-order valence-electron chi connectivity index (χ1n) is 10.9. The Bertz CT molecular complexity index is 1380. The summed E-state index contributed by atoms with van der Waals surface area (Å²) in [7, 11) is 1.56. The molecule has 0 heterocycles. The maximum atomic E-state index is 12.1. The van der Waals surface area contributed by atoms with Crippen LogP contribution in [-0.2, 0) is 17.8 Å². The molecule has 4 aromatic carbocycles. The van der Waals surface area contributed by atoms with Crippen LogP contribution in [0.2, 0.25) is 0 Å². The molecule has 176 valence electrons. The number of nitrogens with zero attached hydrogens (tertiary/aromatic N) is 2. The van der Waals surface area contributed by atoms with E-state index in [2.05, 4.69) is 28.7 Å². The van der Waals surface area contributed by atoms with Crippen molar-refractivity contribution in [2.24, 2.45) is 5.10 Å². The maximum absolute atomic E-state index is 12.1. The van der Waals surface area contributed by atoms with Gasteiger partial charge in [0.25, 0.3) is 5.69 Å². The number of benzene rings is 4. The normalized spacial score (nSPS) is 10.9. The predicted molar refractivity (Wildman–Crippen MR) is 134 cm³/mol. The van der Waals surface area contributed by atoms with Crippen molar-refractivity contribution < 1.29 is 19.2 Å². The Labute approximate surface area is 202 Å². The molecule has 1 N–H and O–H groups in total. The third kappa shape index (κ3) is 6.00. The number of hydrogen-bond acceptors (Lipinski definition) is 6. The summed E-state index contributed by atoms with van der Waals surface area (Å²) < 4.78 is 11.5. The van der Waals surface area contributed by atoms with Crippen LogP contribution in [-0.4, -0.2) is 24.2 Å². The highest BCUT2D eigenvalue weighted by molar-refractivity contribution is 5.86. The molecule has 0 spiro atoms. The van der Waals surface area contributed by atoms with Gasteiger partial charge in [0.1, 0.15) is 6.61 Å². The number of non-ortho nitro benzene ring substituents is 1. The summed E-state index contributed by atoms with van der Waals surface area (Å²) in [5, 5.41) is 17.0. The molecule has 0 saturated carbocycles. The van der Waals surface area contributed by atoms with Crippen LogP contribution in [0.3, 0.4) is 0 Å². The van der Waals surface area contributed by atoms with Gasteiger partial charge >= 0.3 is 0 Å². The maximum Gasteiger partial charge on any atom is 0.269 e. The lowest BCUT2D eigenvalue weighted by Gasteiger charge is -2.12. The number of ether oxygens (including phenoxy) is 2. The van der Waals surface area contributed by atoms with Gasteiger partial charge in [0.05, 0.1) is 24.7 Å². The lowest BCUT2D eigenvalue weighted by molar-refractivity contribution is -0.384. The van der Waals surface area contributed by atoms with Crippen LogP contribution in [0.5, 0.6) is 11.5 Å². The molecule has 0 aliphatic rings. The predicted octanol–water partition coefficient (Wildman–Crippen LogP) is 5.03. The monoisotopic (exact) mass is 469 g/mol. The molecular formula is C27H23N3O5. The highest BCUT2D eigenvalue weighted by atomic mass is 16.6. The molecule has 4 rings (SSSR count). The summed E-state index contributed by atoms with van der Waals surface area (Å²) in [6.45, 7) is 0.393. The Morgan fingerprint density at radius 3 is 2.54 bits per heavy atom. The Balaban J connectivity index is 1.36. The molecule has 0 unspecified atom stereocenters. The van der Waals surface area contributed by atoms with Crippen LogP contribution in [0.15, 0.2) is 90.0 Å². The number of carbonyl (C=O) groups excluding carboxylic acids is 1. The van der Waals surface area contributed by atoms with Crippen molar-refractivity contribution >= 4 is 28.6 Å². The molecule has 8 nitrogen and oxygen atoms in total. The zero-order valence-electron chi connectivity index (χ0n) is 19.0. The number of methoxy groups -OCH3 is 1. The number of hydrazone groups is 1. The van der Waals surface area contributed by atoms with Crippen molar-refractivity contribution in [2.45, 2.75) is 13.0 Å². The third-order valence-electron chi connectivity index (χ3n) is 5.37. The Hall–Kier alpha value is -4.72. The fraction of sp³-hybridized carbons (Fsp3) is 0.111. The van der Waals surface area contributed by atoms with Crippen LogP contribution >= 0.6 is 0 Å². The highest BCUT2D eigenvalue weighted by Gasteiger charge is 2.09.